The molecule has 0 amide bonds. The Morgan fingerprint density at radius 3 is 2.79 bits per heavy atom. The molecule has 1 aromatic carbocycles. The number of nitrogens with zero attached hydrogens (tertiary/aromatic N) is 4. The highest BCUT2D eigenvalue weighted by Crippen LogP contribution is 2.32. The van der Waals surface area contributed by atoms with Crippen LogP contribution in [0.4, 0.5) is 0 Å². The van der Waals surface area contributed by atoms with E-state index in [4.69, 9.17) is 9.47 Å². The predicted molar refractivity (Wildman–Crippen MR) is 107 cm³/mol. The molecule has 1 aromatic heterocycles. The maximum atomic E-state index is 6.37. The van der Waals surface area contributed by atoms with E-state index in [0.717, 1.165) is 43.1 Å². The summed E-state index contributed by atoms with van der Waals surface area (Å²) >= 11 is 0. The standard InChI is InChI=1S/C22H30N4O2/c1-16-12-18(28-22-15-25-9-7-17(22)8-10-25)5-6-20(16)21-14-26(24-23-21)13-19-4-2-3-11-27-19/h5-6,12,14,17,19,22H,2-4,7-11,13,15H2,1H3. The maximum absolute atomic E-state index is 6.37. The number of hydrogen-bond donors (Lipinski definition) is 0. The lowest BCUT2D eigenvalue weighted by Crippen LogP contribution is -2.52. The van der Waals surface area contributed by atoms with Crippen molar-refractivity contribution in [2.45, 2.75) is 57.8 Å². The van der Waals surface area contributed by atoms with Crippen LogP contribution in [0.25, 0.3) is 11.3 Å². The van der Waals surface area contributed by atoms with E-state index in [2.05, 4.69) is 40.3 Å². The molecule has 2 unspecified atom stereocenters. The van der Waals surface area contributed by atoms with E-state index in [1.165, 1.54) is 44.3 Å². The van der Waals surface area contributed by atoms with Crippen molar-refractivity contribution < 1.29 is 9.47 Å². The number of fused-ring (bicyclic) bond motifs is 3. The third kappa shape index (κ3) is 3.80. The molecule has 4 aliphatic rings. The Balaban J connectivity index is 1.26. The van der Waals surface area contributed by atoms with Gasteiger partial charge in [0.2, 0.25) is 0 Å². The SMILES string of the molecule is Cc1cc(OC2CN3CCC2CC3)ccc1-c1cn(CC2CCCCO2)nn1. The zero-order valence-corrected chi connectivity index (χ0v) is 16.7. The van der Waals surface area contributed by atoms with Crippen molar-refractivity contribution in [1.82, 2.24) is 19.9 Å². The molecule has 0 spiro atoms. The second-order valence-electron chi connectivity index (χ2n) is 8.59. The van der Waals surface area contributed by atoms with Crippen LogP contribution in [0.15, 0.2) is 24.4 Å². The number of piperidine rings is 3. The molecule has 6 nitrogen and oxygen atoms in total. The van der Waals surface area contributed by atoms with E-state index in [9.17, 15) is 0 Å². The van der Waals surface area contributed by atoms with E-state index < -0.39 is 0 Å². The highest BCUT2D eigenvalue weighted by Gasteiger charge is 2.35. The Morgan fingerprint density at radius 1 is 1.18 bits per heavy atom. The molecular weight excluding hydrogens is 352 g/mol. The summed E-state index contributed by atoms with van der Waals surface area (Å²) < 4.78 is 14.1. The Hall–Kier alpha value is -1.92. The van der Waals surface area contributed by atoms with Gasteiger partial charge in [0.15, 0.2) is 0 Å². The van der Waals surface area contributed by atoms with Crippen molar-refractivity contribution in [3.63, 3.8) is 0 Å². The third-order valence-electron chi connectivity index (χ3n) is 6.56. The molecule has 6 rings (SSSR count). The van der Waals surface area contributed by atoms with Gasteiger partial charge in [0, 0.05) is 18.7 Å². The second-order valence-corrected chi connectivity index (χ2v) is 8.59. The molecule has 0 aliphatic carbocycles. The van der Waals surface area contributed by atoms with Gasteiger partial charge >= 0.3 is 0 Å². The number of benzene rings is 1. The molecule has 4 saturated heterocycles. The van der Waals surface area contributed by atoms with E-state index in [0.29, 0.717) is 12.0 Å². The molecule has 4 aliphatic heterocycles. The number of rotatable bonds is 5. The largest absolute Gasteiger partial charge is 0.489 e. The predicted octanol–water partition coefficient (Wildman–Crippen LogP) is 3.30. The quantitative estimate of drug-likeness (QED) is 0.794. The first kappa shape index (κ1) is 18.1. The van der Waals surface area contributed by atoms with Crippen molar-refractivity contribution in [3.05, 3.63) is 30.0 Å². The van der Waals surface area contributed by atoms with Crippen molar-refractivity contribution in [3.8, 4) is 17.0 Å². The zero-order chi connectivity index (χ0) is 18.9. The highest BCUT2D eigenvalue weighted by atomic mass is 16.5. The first-order valence-corrected chi connectivity index (χ1v) is 10.8. The van der Waals surface area contributed by atoms with Crippen LogP contribution in [0.5, 0.6) is 5.75 Å². The molecule has 28 heavy (non-hydrogen) atoms. The van der Waals surface area contributed by atoms with Gasteiger partial charge in [-0.05, 0) is 81.8 Å². The van der Waals surface area contributed by atoms with Gasteiger partial charge in [0.25, 0.3) is 0 Å². The van der Waals surface area contributed by atoms with E-state index in [1.807, 2.05) is 10.9 Å². The minimum atomic E-state index is 0.265. The Bertz CT molecular complexity index is 807. The summed E-state index contributed by atoms with van der Waals surface area (Å²) in [5, 5.41) is 8.72. The molecule has 150 valence electrons. The van der Waals surface area contributed by atoms with Crippen LogP contribution >= 0.6 is 0 Å². The van der Waals surface area contributed by atoms with Crippen molar-refractivity contribution in [1.29, 1.82) is 0 Å². The lowest BCUT2D eigenvalue weighted by Gasteiger charge is -2.44. The van der Waals surface area contributed by atoms with Gasteiger partial charge in [-0.25, -0.2) is 4.68 Å². The van der Waals surface area contributed by atoms with Crippen LogP contribution in [0, 0.1) is 12.8 Å². The lowest BCUT2D eigenvalue weighted by molar-refractivity contribution is -0.00777. The van der Waals surface area contributed by atoms with Gasteiger partial charge < -0.3 is 9.47 Å². The van der Waals surface area contributed by atoms with Gasteiger partial charge in [0.05, 0.1) is 18.8 Å². The fraction of sp³-hybridized carbons (Fsp3) is 0.636. The Labute approximate surface area is 166 Å². The highest BCUT2D eigenvalue weighted by molar-refractivity contribution is 5.63. The summed E-state index contributed by atoms with van der Waals surface area (Å²) in [6.45, 7) is 7.33. The Kier molecular flexibility index (Phi) is 5.07. The van der Waals surface area contributed by atoms with Crippen LogP contribution in [0.1, 0.15) is 37.7 Å². The average Bonchev–Trinajstić information content (AvgIpc) is 3.18. The van der Waals surface area contributed by atoms with Gasteiger partial charge in [-0.1, -0.05) is 5.21 Å². The first-order chi connectivity index (χ1) is 13.7. The van der Waals surface area contributed by atoms with Crippen LogP contribution in [0.2, 0.25) is 0 Å². The summed E-state index contributed by atoms with van der Waals surface area (Å²) in [5.74, 6) is 1.69. The number of aromatic nitrogens is 3. The molecule has 2 aromatic rings. The monoisotopic (exact) mass is 382 g/mol. The van der Waals surface area contributed by atoms with Crippen molar-refractivity contribution in [2.75, 3.05) is 26.2 Å². The summed E-state index contributed by atoms with van der Waals surface area (Å²) in [7, 11) is 0. The fourth-order valence-corrected chi connectivity index (χ4v) is 4.89. The maximum Gasteiger partial charge on any atom is 0.120 e. The first-order valence-electron chi connectivity index (χ1n) is 10.8. The molecule has 5 heterocycles. The smallest absolute Gasteiger partial charge is 0.120 e. The lowest BCUT2D eigenvalue weighted by atomic mass is 9.86. The van der Waals surface area contributed by atoms with Crippen LogP contribution in [0.3, 0.4) is 0 Å². The van der Waals surface area contributed by atoms with Gasteiger partial charge in [-0.2, -0.15) is 0 Å². The normalized spacial score (nSPS) is 29.8. The summed E-state index contributed by atoms with van der Waals surface area (Å²) in [4.78, 5) is 2.53. The Morgan fingerprint density at radius 2 is 2.07 bits per heavy atom. The summed E-state index contributed by atoms with van der Waals surface area (Å²) in [6.07, 6.45) is 8.71. The van der Waals surface area contributed by atoms with Crippen LogP contribution < -0.4 is 4.74 Å². The molecule has 0 saturated carbocycles. The molecule has 6 heteroatoms. The molecule has 0 radical (unpaired) electrons. The summed E-state index contributed by atoms with van der Waals surface area (Å²) in [6, 6.07) is 6.36. The van der Waals surface area contributed by atoms with Crippen LogP contribution in [-0.4, -0.2) is 58.3 Å². The number of aryl methyl sites for hydroxylation is 1. The van der Waals surface area contributed by atoms with E-state index >= 15 is 0 Å². The minimum absolute atomic E-state index is 0.265. The van der Waals surface area contributed by atoms with Gasteiger partial charge in [-0.15, -0.1) is 5.10 Å². The number of ether oxygens (including phenoxy) is 2. The molecule has 2 atom stereocenters. The van der Waals surface area contributed by atoms with Crippen molar-refractivity contribution in [2.24, 2.45) is 5.92 Å². The van der Waals surface area contributed by atoms with E-state index in [1.54, 1.807) is 0 Å². The average molecular weight is 383 g/mol. The van der Waals surface area contributed by atoms with Crippen molar-refractivity contribution >= 4 is 0 Å². The topological polar surface area (TPSA) is 52.4 Å². The second kappa shape index (κ2) is 7.84. The van der Waals surface area contributed by atoms with Gasteiger partial charge in [-0.3, -0.25) is 4.90 Å². The minimum Gasteiger partial charge on any atom is -0.489 e. The summed E-state index contributed by atoms with van der Waals surface area (Å²) in [5.41, 5.74) is 3.22. The molecule has 2 bridgehead atoms. The molecule has 4 fully saturated rings. The van der Waals surface area contributed by atoms with Gasteiger partial charge in [0.1, 0.15) is 17.5 Å². The fourth-order valence-electron chi connectivity index (χ4n) is 4.89. The zero-order valence-electron chi connectivity index (χ0n) is 16.7. The molecular formula is C22H30N4O2. The third-order valence-corrected chi connectivity index (χ3v) is 6.56. The van der Waals surface area contributed by atoms with Crippen LogP contribution in [-0.2, 0) is 11.3 Å². The number of hydrogen-bond acceptors (Lipinski definition) is 5. The van der Waals surface area contributed by atoms with E-state index in [-0.39, 0.29) is 6.10 Å². The molecule has 0 N–H and O–H groups in total.